The number of nitrogens with zero attached hydrogens (tertiary/aromatic N) is 3. The van der Waals surface area contributed by atoms with Crippen molar-refractivity contribution in [3.8, 4) is 0 Å². The molecule has 4 rings (SSSR count). The van der Waals surface area contributed by atoms with Crippen molar-refractivity contribution in [3.05, 3.63) is 110 Å². The summed E-state index contributed by atoms with van der Waals surface area (Å²) in [6, 6.07) is 15.3. The van der Waals surface area contributed by atoms with E-state index in [1.165, 1.54) is 22.9 Å². The molecule has 0 fully saturated rings. The minimum Gasteiger partial charge on any atom is -0.287 e. The zero-order valence-electron chi connectivity index (χ0n) is 16.6. The lowest BCUT2D eigenvalue weighted by Crippen LogP contribution is -2.40. The molecule has 2 aromatic heterocycles. The van der Waals surface area contributed by atoms with Crippen molar-refractivity contribution in [2.75, 3.05) is 0 Å². The first kappa shape index (κ1) is 20.6. The van der Waals surface area contributed by atoms with E-state index in [2.05, 4.69) is 4.98 Å². The van der Waals surface area contributed by atoms with E-state index in [9.17, 15) is 22.8 Å². The van der Waals surface area contributed by atoms with Gasteiger partial charge in [0.2, 0.25) is 0 Å². The molecule has 0 bridgehead atoms. The molecule has 0 atom stereocenters. The fourth-order valence-corrected chi connectivity index (χ4v) is 3.44. The Labute approximate surface area is 175 Å². The van der Waals surface area contributed by atoms with Gasteiger partial charge in [0, 0.05) is 6.20 Å². The standard InChI is InChI=1S/C23H18F3N3O2/c1-15-7-9-16(10-8-15)13-29-21(30)20-19(6-3-11-27-20)28(22(29)31)14-17-4-2-5-18(12-17)23(24,25)26/h2-12H,13-14H2,1H3. The van der Waals surface area contributed by atoms with Gasteiger partial charge in [0.1, 0.15) is 0 Å². The number of pyridine rings is 1. The third kappa shape index (κ3) is 4.14. The lowest BCUT2D eigenvalue weighted by molar-refractivity contribution is -0.137. The quantitative estimate of drug-likeness (QED) is 0.497. The van der Waals surface area contributed by atoms with Gasteiger partial charge in [-0.25, -0.2) is 9.78 Å². The zero-order valence-corrected chi connectivity index (χ0v) is 16.6. The molecule has 0 aliphatic heterocycles. The van der Waals surface area contributed by atoms with E-state index < -0.39 is 23.0 Å². The van der Waals surface area contributed by atoms with Crippen LogP contribution in [0.1, 0.15) is 22.3 Å². The SMILES string of the molecule is Cc1ccc(Cn2c(=O)c3ncccc3n(Cc3cccc(C(F)(F)F)c3)c2=O)cc1. The Morgan fingerprint density at radius 1 is 0.871 bits per heavy atom. The summed E-state index contributed by atoms with van der Waals surface area (Å²) in [5, 5.41) is 0. The first-order valence-electron chi connectivity index (χ1n) is 9.54. The van der Waals surface area contributed by atoms with E-state index in [0.717, 1.165) is 27.8 Å². The van der Waals surface area contributed by atoms with Crippen molar-refractivity contribution in [1.29, 1.82) is 0 Å². The lowest BCUT2D eigenvalue weighted by atomic mass is 10.1. The summed E-state index contributed by atoms with van der Waals surface area (Å²) < 4.78 is 41.7. The van der Waals surface area contributed by atoms with Crippen molar-refractivity contribution in [1.82, 2.24) is 14.1 Å². The molecule has 2 heterocycles. The van der Waals surface area contributed by atoms with Crippen LogP contribution in [0.25, 0.3) is 11.0 Å². The highest BCUT2D eigenvalue weighted by atomic mass is 19.4. The van der Waals surface area contributed by atoms with Crippen LogP contribution in [0.5, 0.6) is 0 Å². The molecule has 0 aliphatic carbocycles. The Kier molecular flexibility index (Phi) is 5.22. The lowest BCUT2D eigenvalue weighted by Gasteiger charge is -2.15. The molecule has 31 heavy (non-hydrogen) atoms. The summed E-state index contributed by atoms with van der Waals surface area (Å²) in [6.45, 7) is 1.84. The monoisotopic (exact) mass is 425 g/mol. The second-order valence-corrected chi connectivity index (χ2v) is 7.31. The van der Waals surface area contributed by atoms with Gasteiger partial charge < -0.3 is 0 Å². The Morgan fingerprint density at radius 2 is 1.58 bits per heavy atom. The number of hydrogen-bond acceptors (Lipinski definition) is 3. The van der Waals surface area contributed by atoms with Crippen LogP contribution in [-0.4, -0.2) is 14.1 Å². The van der Waals surface area contributed by atoms with Crippen LogP contribution in [0.15, 0.2) is 76.4 Å². The normalized spacial score (nSPS) is 11.7. The van der Waals surface area contributed by atoms with Gasteiger partial charge in [-0.05, 0) is 42.3 Å². The average Bonchev–Trinajstić information content (AvgIpc) is 2.75. The fourth-order valence-electron chi connectivity index (χ4n) is 3.44. The summed E-state index contributed by atoms with van der Waals surface area (Å²) in [7, 11) is 0. The summed E-state index contributed by atoms with van der Waals surface area (Å²) in [5.74, 6) is 0. The van der Waals surface area contributed by atoms with Crippen molar-refractivity contribution in [2.24, 2.45) is 0 Å². The molecule has 0 saturated carbocycles. The highest BCUT2D eigenvalue weighted by molar-refractivity contribution is 5.73. The average molecular weight is 425 g/mol. The van der Waals surface area contributed by atoms with Crippen LogP contribution in [-0.2, 0) is 19.3 Å². The number of fused-ring (bicyclic) bond motifs is 1. The number of benzene rings is 2. The zero-order chi connectivity index (χ0) is 22.2. The Balaban J connectivity index is 1.86. The molecule has 158 valence electrons. The second-order valence-electron chi connectivity index (χ2n) is 7.31. The maximum Gasteiger partial charge on any atom is 0.416 e. The van der Waals surface area contributed by atoms with Gasteiger partial charge in [0.05, 0.1) is 24.2 Å². The predicted octanol–water partition coefficient (Wildman–Crippen LogP) is 3.98. The molecular weight excluding hydrogens is 407 g/mol. The first-order valence-corrected chi connectivity index (χ1v) is 9.54. The van der Waals surface area contributed by atoms with Crippen molar-refractivity contribution in [2.45, 2.75) is 26.2 Å². The third-order valence-electron chi connectivity index (χ3n) is 5.04. The molecule has 8 heteroatoms. The van der Waals surface area contributed by atoms with E-state index in [4.69, 9.17) is 0 Å². The molecule has 0 spiro atoms. The van der Waals surface area contributed by atoms with Crippen LogP contribution in [0.3, 0.4) is 0 Å². The minimum absolute atomic E-state index is 0.0348. The summed E-state index contributed by atoms with van der Waals surface area (Å²) in [5.41, 5.74) is 0.501. The number of halogens is 3. The molecule has 5 nitrogen and oxygen atoms in total. The summed E-state index contributed by atoms with van der Waals surface area (Å²) in [4.78, 5) is 30.3. The number of hydrogen-bond donors (Lipinski definition) is 0. The summed E-state index contributed by atoms with van der Waals surface area (Å²) >= 11 is 0. The maximum absolute atomic E-state index is 13.2. The largest absolute Gasteiger partial charge is 0.416 e. The van der Waals surface area contributed by atoms with Crippen LogP contribution in [0.2, 0.25) is 0 Å². The van der Waals surface area contributed by atoms with Crippen molar-refractivity contribution < 1.29 is 13.2 Å². The molecule has 0 unspecified atom stereocenters. The minimum atomic E-state index is -4.49. The van der Waals surface area contributed by atoms with E-state index in [1.54, 1.807) is 12.1 Å². The predicted molar refractivity (Wildman–Crippen MR) is 111 cm³/mol. The van der Waals surface area contributed by atoms with Gasteiger partial charge in [0.25, 0.3) is 5.56 Å². The second kappa shape index (κ2) is 7.86. The molecule has 2 aromatic carbocycles. The van der Waals surface area contributed by atoms with Gasteiger partial charge in [-0.1, -0.05) is 42.0 Å². The van der Waals surface area contributed by atoms with Crippen LogP contribution >= 0.6 is 0 Å². The molecule has 0 amide bonds. The highest BCUT2D eigenvalue weighted by Crippen LogP contribution is 2.29. The molecule has 0 N–H and O–H groups in total. The molecule has 4 aromatic rings. The van der Waals surface area contributed by atoms with Gasteiger partial charge in [-0.15, -0.1) is 0 Å². The van der Waals surface area contributed by atoms with Gasteiger partial charge in [0.15, 0.2) is 5.52 Å². The Morgan fingerprint density at radius 3 is 2.29 bits per heavy atom. The van der Waals surface area contributed by atoms with Crippen LogP contribution in [0.4, 0.5) is 13.2 Å². The van der Waals surface area contributed by atoms with Gasteiger partial charge in [-0.2, -0.15) is 13.2 Å². The molecule has 0 saturated heterocycles. The van der Waals surface area contributed by atoms with Crippen molar-refractivity contribution >= 4 is 11.0 Å². The third-order valence-corrected chi connectivity index (χ3v) is 5.04. The van der Waals surface area contributed by atoms with E-state index in [1.807, 2.05) is 31.2 Å². The molecule has 0 aliphatic rings. The fraction of sp³-hybridized carbons (Fsp3) is 0.174. The van der Waals surface area contributed by atoms with Crippen LogP contribution < -0.4 is 11.2 Å². The molecule has 0 radical (unpaired) electrons. The van der Waals surface area contributed by atoms with E-state index in [0.29, 0.717) is 5.56 Å². The highest BCUT2D eigenvalue weighted by Gasteiger charge is 2.30. The van der Waals surface area contributed by atoms with E-state index >= 15 is 0 Å². The number of aromatic nitrogens is 3. The van der Waals surface area contributed by atoms with Gasteiger partial charge >= 0.3 is 11.9 Å². The van der Waals surface area contributed by atoms with E-state index in [-0.39, 0.29) is 24.1 Å². The number of aryl methyl sites for hydroxylation is 1. The Hall–Kier alpha value is -3.68. The van der Waals surface area contributed by atoms with Crippen LogP contribution in [0, 0.1) is 6.92 Å². The number of alkyl halides is 3. The smallest absolute Gasteiger partial charge is 0.287 e. The summed E-state index contributed by atoms with van der Waals surface area (Å²) in [6.07, 6.45) is -3.05. The molecular formula is C23H18F3N3O2. The topological polar surface area (TPSA) is 56.9 Å². The Bertz CT molecular complexity index is 1370. The maximum atomic E-state index is 13.2. The number of rotatable bonds is 4. The first-order chi connectivity index (χ1) is 14.7. The van der Waals surface area contributed by atoms with Gasteiger partial charge in [-0.3, -0.25) is 13.9 Å². The van der Waals surface area contributed by atoms with Crippen molar-refractivity contribution in [3.63, 3.8) is 0 Å².